The highest BCUT2D eigenvalue weighted by Crippen LogP contribution is 2.30. The molecule has 0 aliphatic carbocycles. The van der Waals surface area contributed by atoms with Crippen LogP contribution in [0.5, 0.6) is 11.5 Å². The Labute approximate surface area is 170 Å². The van der Waals surface area contributed by atoms with Gasteiger partial charge < -0.3 is 19.1 Å². The minimum Gasteiger partial charge on any atom is -0.496 e. The maximum atomic E-state index is 12.7. The van der Waals surface area contributed by atoms with E-state index < -0.39 is 0 Å². The molecule has 1 aromatic heterocycles. The summed E-state index contributed by atoms with van der Waals surface area (Å²) in [6.07, 6.45) is 1.42. The molecule has 3 heterocycles. The molecule has 2 aliphatic heterocycles. The van der Waals surface area contributed by atoms with Gasteiger partial charge in [-0.25, -0.2) is 4.98 Å². The molecule has 0 unspecified atom stereocenters. The van der Waals surface area contributed by atoms with Crippen LogP contribution in [-0.2, 0) is 24.1 Å². The zero-order valence-corrected chi connectivity index (χ0v) is 17.1. The number of rotatable bonds is 5. The lowest BCUT2D eigenvalue weighted by Crippen LogP contribution is -2.38. The van der Waals surface area contributed by atoms with Gasteiger partial charge in [-0.1, -0.05) is 6.07 Å². The molecule has 0 amide bonds. The molecule has 0 radical (unpaired) electrons. The van der Waals surface area contributed by atoms with Crippen LogP contribution >= 0.6 is 0 Å². The summed E-state index contributed by atoms with van der Waals surface area (Å²) in [7, 11) is 3.35. The zero-order valence-electron chi connectivity index (χ0n) is 17.1. The van der Waals surface area contributed by atoms with Crippen LogP contribution in [0.1, 0.15) is 16.8 Å². The monoisotopic (exact) mass is 400 g/mol. The summed E-state index contributed by atoms with van der Waals surface area (Å²) in [5, 5.41) is 0. The van der Waals surface area contributed by atoms with Gasteiger partial charge in [0.15, 0.2) is 0 Å². The van der Waals surface area contributed by atoms with Gasteiger partial charge in [0.2, 0.25) is 5.95 Å². The van der Waals surface area contributed by atoms with Crippen LogP contribution < -0.4 is 19.9 Å². The molecule has 8 nitrogen and oxygen atoms in total. The number of benzene rings is 1. The van der Waals surface area contributed by atoms with E-state index in [-0.39, 0.29) is 5.56 Å². The minimum atomic E-state index is -0.0202. The van der Waals surface area contributed by atoms with E-state index >= 15 is 0 Å². The van der Waals surface area contributed by atoms with Crippen molar-refractivity contribution in [3.63, 3.8) is 0 Å². The number of aromatic amines is 1. The van der Waals surface area contributed by atoms with Crippen molar-refractivity contribution >= 4 is 5.95 Å². The van der Waals surface area contributed by atoms with Crippen molar-refractivity contribution < 1.29 is 14.2 Å². The predicted molar refractivity (Wildman–Crippen MR) is 110 cm³/mol. The highest BCUT2D eigenvalue weighted by molar-refractivity contribution is 5.44. The number of morpholine rings is 1. The van der Waals surface area contributed by atoms with E-state index in [1.165, 1.54) is 0 Å². The van der Waals surface area contributed by atoms with Crippen molar-refractivity contribution in [3.8, 4) is 11.5 Å². The van der Waals surface area contributed by atoms with Crippen LogP contribution in [0.15, 0.2) is 23.0 Å². The third-order valence-corrected chi connectivity index (χ3v) is 5.65. The number of H-pyrrole nitrogens is 1. The first kappa shape index (κ1) is 19.7. The molecule has 1 saturated heterocycles. The highest BCUT2D eigenvalue weighted by Gasteiger charge is 2.23. The second-order valence-electron chi connectivity index (χ2n) is 7.33. The quantitative estimate of drug-likeness (QED) is 0.808. The number of nitrogens with one attached hydrogen (secondary N) is 1. The summed E-state index contributed by atoms with van der Waals surface area (Å²) in [5.74, 6) is 2.30. The van der Waals surface area contributed by atoms with E-state index in [4.69, 9.17) is 19.2 Å². The van der Waals surface area contributed by atoms with Crippen LogP contribution in [0.4, 0.5) is 5.95 Å². The molecule has 2 aromatic rings. The molecular weight excluding hydrogens is 372 g/mol. The standard InChI is InChI=1S/C21H28N4O4/c1-27-18-4-3-5-19(28-2)16(18)14-24-8-6-15-17(7-9-24)22-21(23-20(15)26)25-10-12-29-13-11-25/h3-5H,6-14H2,1-2H3,(H,22,23,26). The van der Waals surface area contributed by atoms with Crippen molar-refractivity contribution in [1.29, 1.82) is 0 Å². The number of ether oxygens (including phenoxy) is 3. The van der Waals surface area contributed by atoms with Gasteiger partial charge in [-0.3, -0.25) is 14.7 Å². The van der Waals surface area contributed by atoms with Crippen molar-refractivity contribution in [2.75, 3.05) is 58.5 Å². The summed E-state index contributed by atoms with van der Waals surface area (Å²) in [6.45, 7) is 5.14. The van der Waals surface area contributed by atoms with Crippen LogP contribution in [0.25, 0.3) is 0 Å². The Morgan fingerprint density at radius 1 is 1.07 bits per heavy atom. The van der Waals surface area contributed by atoms with Gasteiger partial charge in [0, 0.05) is 44.7 Å². The third kappa shape index (κ3) is 4.23. The minimum absolute atomic E-state index is 0.0202. The summed E-state index contributed by atoms with van der Waals surface area (Å²) >= 11 is 0. The summed E-state index contributed by atoms with van der Waals surface area (Å²) in [5.41, 5.74) is 2.72. The van der Waals surface area contributed by atoms with E-state index in [1.807, 2.05) is 18.2 Å². The van der Waals surface area contributed by atoms with Crippen LogP contribution in [0.3, 0.4) is 0 Å². The summed E-state index contributed by atoms with van der Waals surface area (Å²) in [6, 6.07) is 5.83. The molecular formula is C21H28N4O4. The van der Waals surface area contributed by atoms with Gasteiger partial charge >= 0.3 is 0 Å². The van der Waals surface area contributed by atoms with Crippen LogP contribution in [-0.4, -0.2) is 68.5 Å². The van der Waals surface area contributed by atoms with Gasteiger partial charge in [-0.2, -0.15) is 0 Å². The third-order valence-electron chi connectivity index (χ3n) is 5.65. The Bertz CT molecular complexity index is 886. The lowest BCUT2D eigenvalue weighted by atomic mass is 10.1. The number of aromatic nitrogens is 2. The molecule has 8 heteroatoms. The van der Waals surface area contributed by atoms with Crippen molar-refractivity contribution in [2.45, 2.75) is 19.4 Å². The van der Waals surface area contributed by atoms with Crippen molar-refractivity contribution in [1.82, 2.24) is 14.9 Å². The fourth-order valence-electron chi connectivity index (χ4n) is 4.03. The molecule has 2 aliphatic rings. The van der Waals surface area contributed by atoms with Gasteiger partial charge in [-0.05, 0) is 18.6 Å². The molecule has 0 bridgehead atoms. The predicted octanol–water partition coefficient (Wildman–Crippen LogP) is 1.22. The van der Waals surface area contributed by atoms with E-state index in [9.17, 15) is 4.79 Å². The first-order valence-electron chi connectivity index (χ1n) is 10.1. The molecule has 0 atom stereocenters. The summed E-state index contributed by atoms with van der Waals surface area (Å²) in [4.78, 5) is 24.9. The number of methoxy groups -OCH3 is 2. The molecule has 156 valence electrons. The van der Waals surface area contributed by atoms with E-state index in [2.05, 4.69) is 14.8 Å². The number of nitrogens with zero attached hydrogens (tertiary/aromatic N) is 3. The average Bonchev–Trinajstić information content (AvgIpc) is 2.97. The maximum Gasteiger partial charge on any atom is 0.255 e. The van der Waals surface area contributed by atoms with Gasteiger partial charge in [0.05, 0.1) is 38.7 Å². The molecule has 1 N–H and O–H groups in total. The van der Waals surface area contributed by atoms with Gasteiger partial charge in [0.25, 0.3) is 5.56 Å². The van der Waals surface area contributed by atoms with Crippen molar-refractivity contribution in [2.24, 2.45) is 0 Å². The Kier molecular flexibility index (Phi) is 6.01. The second kappa shape index (κ2) is 8.84. The van der Waals surface area contributed by atoms with Crippen molar-refractivity contribution in [3.05, 3.63) is 45.4 Å². The second-order valence-corrected chi connectivity index (χ2v) is 7.33. The normalized spacial score (nSPS) is 17.5. The first-order valence-corrected chi connectivity index (χ1v) is 10.1. The van der Waals surface area contributed by atoms with E-state index in [0.717, 1.165) is 60.9 Å². The summed E-state index contributed by atoms with van der Waals surface area (Å²) < 4.78 is 16.5. The SMILES string of the molecule is COc1cccc(OC)c1CN1CCc2nc(N3CCOCC3)[nH]c(=O)c2CC1. The molecule has 1 fully saturated rings. The highest BCUT2D eigenvalue weighted by atomic mass is 16.5. The van der Waals surface area contributed by atoms with Crippen LogP contribution in [0.2, 0.25) is 0 Å². The fourth-order valence-corrected chi connectivity index (χ4v) is 4.03. The van der Waals surface area contributed by atoms with E-state index in [1.54, 1.807) is 14.2 Å². The van der Waals surface area contributed by atoms with Gasteiger partial charge in [-0.15, -0.1) is 0 Å². The Balaban J connectivity index is 1.53. The average molecular weight is 400 g/mol. The first-order chi connectivity index (χ1) is 14.2. The number of hydrogen-bond acceptors (Lipinski definition) is 7. The largest absolute Gasteiger partial charge is 0.496 e. The van der Waals surface area contributed by atoms with Crippen LogP contribution in [0, 0.1) is 0 Å². The van der Waals surface area contributed by atoms with E-state index in [0.29, 0.717) is 32.1 Å². The number of anilines is 1. The molecule has 29 heavy (non-hydrogen) atoms. The lowest BCUT2D eigenvalue weighted by Gasteiger charge is -2.27. The Morgan fingerprint density at radius 2 is 1.76 bits per heavy atom. The molecule has 4 rings (SSSR count). The Hall–Kier alpha value is -2.58. The maximum absolute atomic E-state index is 12.7. The molecule has 0 saturated carbocycles. The fraction of sp³-hybridized carbons (Fsp3) is 0.524. The smallest absolute Gasteiger partial charge is 0.255 e. The molecule has 1 aromatic carbocycles. The lowest BCUT2D eigenvalue weighted by molar-refractivity contribution is 0.122. The van der Waals surface area contributed by atoms with Gasteiger partial charge in [0.1, 0.15) is 11.5 Å². The zero-order chi connectivity index (χ0) is 20.2. The topological polar surface area (TPSA) is 79.9 Å². The molecule has 0 spiro atoms. The Morgan fingerprint density at radius 3 is 2.45 bits per heavy atom. The number of hydrogen-bond donors (Lipinski definition) is 1. The number of fused-ring (bicyclic) bond motifs is 1.